The molecule has 5 heterocycles. The molecule has 3 aliphatic heterocycles. The molecule has 0 bridgehead atoms. The smallest absolute Gasteiger partial charge is 0.355 e. The molecule has 7 rings (SSSR count). The van der Waals surface area contributed by atoms with Crippen LogP contribution in [0.3, 0.4) is 0 Å². The van der Waals surface area contributed by atoms with E-state index in [1.54, 1.807) is 16.4 Å². The van der Waals surface area contributed by atoms with Gasteiger partial charge in [-0.05, 0) is 93.7 Å². The summed E-state index contributed by atoms with van der Waals surface area (Å²) >= 11 is 0. The lowest BCUT2D eigenvalue weighted by atomic mass is 9.72. The summed E-state index contributed by atoms with van der Waals surface area (Å²) < 4.78 is 67.1. The van der Waals surface area contributed by atoms with Crippen molar-refractivity contribution in [2.45, 2.75) is 64.8 Å². The summed E-state index contributed by atoms with van der Waals surface area (Å²) in [5.41, 5.74) is 5.15. The number of hydrogen-bond acceptors (Lipinski definition) is 8. The number of piperidine rings is 1. The fraction of sp³-hybridized carbons (Fsp3) is 0.541. The number of fused-ring (bicyclic) bond motifs is 2. The molecular formula is C37H45F3N8O2S. The Morgan fingerprint density at radius 3 is 2.45 bits per heavy atom. The van der Waals surface area contributed by atoms with E-state index in [2.05, 4.69) is 61.3 Å². The van der Waals surface area contributed by atoms with Crippen LogP contribution in [0, 0.1) is 23.7 Å². The van der Waals surface area contributed by atoms with Gasteiger partial charge in [-0.3, -0.25) is 9.80 Å². The van der Waals surface area contributed by atoms with Crippen molar-refractivity contribution in [1.29, 1.82) is 5.26 Å². The van der Waals surface area contributed by atoms with E-state index in [0.29, 0.717) is 48.6 Å². The molecule has 1 atom stereocenters. The number of sulfonamides is 1. The van der Waals surface area contributed by atoms with Gasteiger partial charge in [-0.1, -0.05) is 12.1 Å². The summed E-state index contributed by atoms with van der Waals surface area (Å²) in [6.45, 7) is 11.8. The number of aromatic nitrogens is 3. The Morgan fingerprint density at radius 2 is 1.75 bits per heavy atom. The molecule has 0 N–H and O–H groups in total. The van der Waals surface area contributed by atoms with Gasteiger partial charge < -0.3 is 9.47 Å². The zero-order chi connectivity index (χ0) is 36.1. The highest BCUT2D eigenvalue weighted by atomic mass is 32.2. The lowest BCUT2D eigenvalue weighted by molar-refractivity contribution is -0.127. The zero-order valence-corrected chi connectivity index (χ0v) is 30.3. The topological polar surface area (TPSA) is 102 Å². The van der Waals surface area contributed by atoms with Gasteiger partial charge in [0, 0.05) is 73.6 Å². The van der Waals surface area contributed by atoms with E-state index in [9.17, 15) is 26.9 Å². The third-order valence-electron chi connectivity index (χ3n) is 11.4. The third kappa shape index (κ3) is 7.44. The Morgan fingerprint density at radius 1 is 0.980 bits per heavy atom. The minimum absolute atomic E-state index is 0.134. The van der Waals surface area contributed by atoms with Crippen LogP contribution in [-0.4, -0.2) is 108 Å². The predicted octanol–water partition coefficient (Wildman–Crippen LogP) is 5.33. The number of benzene rings is 2. The highest BCUT2D eigenvalue weighted by molar-refractivity contribution is 7.88. The van der Waals surface area contributed by atoms with Crippen molar-refractivity contribution in [2.75, 3.05) is 63.5 Å². The van der Waals surface area contributed by atoms with E-state index in [-0.39, 0.29) is 17.0 Å². The van der Waals surface area contributed by atoms with Crippen LogP contribution in [0.2, 0.25) is 0 Å². The molecule has 0 radical (unpaired) electrons. The van der Waals surface area contributed by atoms with E-state index in [0.717, 1.165) is 69.4 Å². The lowest BCUT2D eigenvalue weighted by Crippen LogP contribution is -2.60. The SMILES string of the molecule is Cc1c(CN2CCC3(CC2)CN(c2ncnc4ccc(CC(F)(F)F)cc24)C3)ccc2c1cc(C#N)n2C[C@H](C)N1CCCN(S(C)(=O)=O)CC1. The van der Waals surface area contributed by atoms with Gasteiger partial charge in [0.15, 0.2) is 0 Å². The second-order valence-corrected chi connectivity index (χ2v) is 16.9. The number of hydrogen-bond donors (Lipinski definition) is 0. The van der Waals surface area contributed by atoms with Crippen molar-refractivity contribution in [2.24, 2.45) is 5.41 Å². The second kappa shape index (κ2) is 13.7. The molecule has 1 spiro atoms. The molecule has 3 aliphatic rings. The Kier molecular flexibility index (Phi) is 9.54. The van der Waals surface area contributed by atoms with Crippen LogP contribution in [-0.2, 0) is 29.5 Å². The average Bonchev–Trinajstić information content (AvgIpc) is 3.22. The maximum absolute atomic E-state index is 13.1. The van der Waals surface area contributed by atoms with Crippen molar-refractivity contribution >= 4 is 37.6 Å². The number of aryl methyl sites for hydroxylation is 1. The molecule has 0 unspecified atom stereocenters. The standard InChI is InChI=1S/C37H45F3N8O2S/c1-26(45-11-4-12-47(16-15-45)51(3,49)50)21-48-30(20-41)18-31-27(2)29(6-8-34(31)48)22-44-13-9-36(10-14-44)23-46(24-36)35-32-17-28(19-37(38,39)40)5-7-33(32)42-25-43-35/h5-8,17-18,25-26H,4,9-16,19,21-24H2,1-3H3/t26-/m0/s1. The summed E-state index contributed by atoms with van der Waals surface area (Å²) in [6.07, 6.45) is 0.384. The van der Waals surface area contributed by atoms with Crippen molar-refractivity contribution in [3.8, 4) is 6.07 Å². The van der Waals surface area contributed by atoms with Crippen molar-refractivity contribution in [3.05, 3.63) is 65.1 Å². The van der Waals surface area contributed by atoms with Gasteiger partial charge in [0.2, 0.25) is 10.0 Å². The number of likely N-dealkylation sites (tertiary alicyclic amines) is 1. The first-order valence-corrected chi connectivity index (χ1v) is 19.6. The van der Waals surface area contributed by atoms with Crippen molar-refractivity contribution in [3.63, 3.8) is 0 Å². The van der Waals surface area contributed by atoms with Crippen LogP contribution >= 0.6 is 0 Å². The first-order chi connectivity index (χ1) is 24.2. The van der Waals surface area contributed by atoms with Crippen LogP contribution < -0.4 is 4.90 Å². The summed E-state index contributed by atoms with van der Waals surface area (Å²) in [5, 5.41) is 11.9. The van der Waals surface area contributed by atoms with Gasteiger partial charge in [-0.15, -0.1) is 0 Å². The van der Waals surface area contributed by atoms with E-state index in [1.165, 1.54) is 29.8 Å². The molecule has 51 heavy (non-hydrogen) atoms. The van der Waals surface area contributed by atoms with Crippen LogP contribution in [0.25, 0.3) is 21.8 Å². The molecular weight excluding hydrogens is 678 g/mol. The normalized spacial score (nSPS) is 20.1. The summed E-state index contributed by atoms with van der Waals surface area (Å²) in [6, 6.07) is 13.6. The van der Waals surface area contributed by atoms with E-state index in [1.807, 2.05) is 6.07 Å². The van der Waals surface area contributed by atoms with E-state index < -0.39 is 22.6 Å². The van der Waals surface area contributed by atoms with E-state index >= 15 is 0 Å². The highest BCUT2D eigenvalue weighted by Gasteiger charge is 2.45. The van der Waals surface area contributed by atoms with Gasteiger partial charge in [0.25, 0.3) is 0 Å². The van der Waals surface area contributed by atoms with E-state index in [4.69, 9.17) is 0 Å². The molecule has 3 fully saturated rings. The maximum atomic E-state index is 13.1. The van der Waals surface area contributed by atoms with Crippen LogP contribution in [0.1, 0.15) is 48.6 Å². The summed E-state index contributed by atoms with van der Waals surface area (Å²) in [5.74, 6) is 0.712. The first-order valence-electron chi connectivity index (χ1n) is 17.7. The summed E-state index contributed by atoms with van der Waals surface area (Å²) in [4.78, 5) is 15.8. The lowest BCUT2D eigenvalue weighted by Gasteiger charge is -2.54. The number of halogens is 3. The monoisotopic (exact) mass is 722 g/mol. The van der Waals surface area contributed by atoms with Gasteiger partial charge in [-0.2, -0.15) is 18.4 Å². The Labute approximate surface area is 297 Å². The number of alkyl halides is 3. The predicted molar refractivity (Wildman–Crippen MR) is 192 cm³/mol. The molecule has 2 aromatic carbocycles. The highest BCUT2D eigenvalue weighted by Crippen LogP contribution is 2.44. The van der Waals surface area contributed by atoms with Gasteiger partial charge in [0.1, 0.15) is 23.9 Å². The third-order valence-corrected chi connectivity index (χ3v) is 12.7. The van der Waals surface area contributed by atoms with Gasteiger partial charge >= 0.3 is 6.18 Å². The number of anilines is 1. The maximum Gasteiger partial charge on any atom is 0.393 e. The fourth-order valence-electron chi connectivity index (χ4n) is 8.39. The average molecular weight is 723 g/mol. The van der Waals surface area contributed by atoms with Crippen LogP contribution in [0.4, 0.5) is 19.0 Å². The molecule has 10 nitrogen and oxygen atoms in total. The molecule has 0 aliphatic carbocycles. The van der Waals surface area contributed by atoms with Crippen LogP contribution in [0.5, 0.6) is 0 Å². The van der Waals surface area contributed by atoms with Crippen molar-refractivity contribution in [1.82, 2.24) is 28.6 Å². The van der Waals surface area contributed by atoms with Crippen molar-refractivity contribution < 1.29 is 21.6 Å². The second-order valence-electron chi connectivity index (χ2n) is 14.9. The number of nitrogens with zero attached hydrogens (tertiary/aromatic N) is 8. The largest absolute Gasteiger partial charge is 0.393 e. The number of rotatable bonds is 8. The molecule has 0 amide bonds. The zero-order valence-electron chi connectivity index (χ0n) is 29.5. The molecule has 0 saturated carbocycles. The fourth-order valence-corrected chi connectivity index (χ4v) is 9.26. The van der Waals surface area contributed by atoms with Gasteiger partial charge in [0.05, 0.1) is 18.2 Å². The Bertz CT molecular complexity index is 2080. The molecule has 3 saturated heterocycles. The molecule has 2 aromatic heterocycles. The molecule has 4 aromatic rings. The minimum atomic E-state index is -4.27. The Balaban J connectivity index is 0.985. The number of nitriles is 1. The van der Waals surface area contributed by atoms with Gasteiger partial charge in [-0.25, -0.2) is 22.7 Å². The first kappa shape index (κ1) is 35.6. The molecule has 14 heteroatoms. The van der Waals surface area contributed by atoms with Crippen LogP contribution in [0.15, 0.2) is 42.7 Å². The Hall–Kier alpha value is -3.77. The molecule has 272 valence electrons. The minimum Gasteiger partial charge on any atom is -0.355 e. The summed E-state index contributed by atoms with van der Waals surface area (Å²) in [7, 11) is -3.21. The quantitative estimate of drug-likeness (QED) is 0.241.